The number of carbonyl (C=O) groups is 1. The van der Waals surface area contributed by atoms with Crippen molar-refractivity contribution in [1.82, 2.24) is 15.3 Å². The lowest BCUT2D eigenvalue weighted by Crippen LogP contribution is -2.50. The largest absolute Gasteiger partial charge is 0.444 e. The van der Waals surface area contributed by atoms with Gasteiger partial charge in [-0.05, 0) is 59.4 Å². The number of alkyl carbamates (subject to hydrolysis) is 1. The first-order valence-corrected chi connectivity index (χ1v) is 8.91. The van der Waals surface area contributed by atoms with Crippen molar-refractivity contribution in [2.75, 3.05) is 11.4 Å². The Bertz CT molecular complexity index is 595. The second-order valence-electron chi connectivity index (χ2n) is 7.96. The van der Waals surface area contributed by atoms with E-state index in [9.17, 15) is 4.79 Å². The summed E-state index contributed by atoms with van der Waals surface area (Å²) in [4.78, 5) is 23.4. The highest BCUT2D eigenvalue weighted by Gasteiger charge is 2.30. The number of piperidine rings is 1. The number of anilines is 1. The fourth-order valence-corrected chi connectivity index (χ4v) is 3.18. The second-order valence-corrected chi connectivity index (χ2v) is 7.96. The first-order chi connectivity index (χ1) is 11.3. The molecule has 2 heterocycles. The zero-order valence-corrected chi connectivity index (χ0v) is 15.1. The number of rotatable bonds is 3. The molecule has 1 aromatic rings. The van der Waals surface area contributed by atoms with E-state index in [0.29, 0.717) is 12.0 Å². The Kier molecular flexibility index (Phi) is 4.65. The molecule has 2 aliphatic rings. The van der Waals surface area contributed by atoms with Crippen molar-refractivity contribution in [2.45, 2.75) is 77.0 Å². The molecule has 1 saturated heterocycles. The van der Waals surface area contributed by atoms with Gasteiger partial charge in [-0.3, -0.25) is 0 Å². The maximum atomic E-state index is 11.9. The molecule has 24 heavy (non-hydrogen) atoms. The zero-order valence-electron chi connectivity index (χ0n) is 15.1. The highest BCUT2D eigenvalue weighted by atomic mass is 16.6. The average molecular weight is 332 g/mol. The Morgan fingerprint density at radius 1 is 1.33 bits per heavy atom. The number of aromatic nitrogens is 2. The van der Waals surface area contributed by atoms with E-state index in [1.54, 1.807) is 0 Å². The van der Waals surface area contributed by atoms with Gasteiger partial charge in [-0.15, -0.1) is 0 Å². The van der Waals surface area contributed by atoms with E-state index in [0.717, 1.165) is 31.0 Å². The molecule has 132 valence electrons. The quantitative estimate of drug-likeness (QED) is 0.920. The fourth-order valence-electron chi connectivity index (χ4n) is 3.18. The Hall–Kier alpha value is -1.85. The van der Waals surface area contributed by atoms with Crippen LogP contribution in [0.3, 0.4) is 0 Å². The van der Waals surface area contributed by atoms with Gasteiger partial charge in [0.1, 0.15) is 17.2 Å². The molecule has 1 aliphatic heterocycles. The van der Waals surface area contributed by atoms with Crippen LogP contribution in [-0.4, -0.2) is 40.3 Å². The number of carbonyl (C=O) groups excluding carboxylic acids is 1. The minimum atomic E-state index is -0.462. The number of ether oxygens (including phenoxy) is 1. The first-order valence-electron chi connectivity index (χ1n) is 8.91. The molecule has 1 amide bonds. The van der Waals surface area contributed by atoms with Crippen LogP contribution in [0, 0.1) is 0 Å². The Morgan fingerprint density at radius 3 is 2.71 bits per heavy atom. The van der Waals surface area contributed by atoms with Crippen molar-refractivity contribution in [3.05, 3.63) is 18.1 Å². The topological polar surface area (TPSA) is 67.3 Å². The van der Waals surface area contributed by atoms with Crippen LogP contribution < -0.4 is 10.2 Å². The molecule has 3 rings (SSSR count). The normalized spacial score (nSPS) is 24.6. The van der Waals surface area contributed by atoms with E-state index in [1.165, 1.54) is 12.8 Å². The zero-order chi connectivity index (χ0) is 17.3. The van der Waals surface area contributed by atoms with Crippen LogP contribution in [0.1, 0.15) is 65.1 Å². The molecule has 2 fully saturated rings. The molecular formula is C18H28N4O2. The third-order valence-electron chi connectivity index (χ3n) is 4.49. The lowest BCUT2D eigenvalue weighted by Gasteiger charge is -2.38. The Morgan fingerprint density at radius 2 is 2.08 bits per heavy atom. The summed E-state index contributed by atoms with van der Waals surface area (Å²) in [6, 6.07) is 2.46. The SMILES string of the molecule is CC1CC(NC(=O)OC(C)(C)C)CCN1c1ccnc(C2CC2)n1. The molecule has 0 bridgehead atoms. The van der Waals surface area contributed by atoms with E-state index in [-0.39, 0.29) is 12.1 Å². The molecule has 6 nitrogen and oxygen atoms in total. The monoisotopic (exact) mass is 332 g/mol. The van der Waals surface area contributed by atoms with Gasteiger partial charge in [0.2, 0.25) is 0 Å². The van der Waals surface area contributed by atoms with Crippen LogP contribution in [-0.2, 0) is 4.74 Å². The van der Waals surface area contributed by atoms with Gasteiger partial charge in [0.05, 0.1) is 0 Å². The van der Waals surface area contributed by atoms with Crippen molar-refractivity contribution < 1.29 is 9.53 Å². The van der Waals surface area contributed by atoms with Gasteiger partial charge in [0, 0.05) is 30.7 Å². The van der Waals surface area contributed by atoms with Crippen LogP contribution in [0.5, 0.6) is 0 Å². The van der Waals surface area contributed by atoms with E-state index in [4.69, 9.17) is 9.72 Å². The van der Waals surface area contributed by atoms with Gasteiger partial charge in [-0.1, -0.05) is 0 Å². The summed E-state index contributed by atoms with van der Waals surface area (Å²) in [5.74, 6) is 2.55. The highest BCUT2D eigenvalue weighted by molar-refractivity contribution is 5.68. The van der Waals surface area contributed by atoms with Gasteiger partial charge in [-0.2, -0.15) is 0 Å². The van der Waals surface area contributed by atoms with Crippen LogP contribution >= 0.6 is 0 Å². The maximum Gasteiger partial charge on any atom is 0.407 e. The molecule has 0 aromatic carbocycles. The lowest BCUT2D eigenvalue weighted by atomic mass is 9.98. The highest BCUT2D eigenvalue weighted by Crippen LogP contribution is 2.38. The molecule has 1 aliphatic carbocycles. The van der Waals surface area contributed by atoms with Gasteiger partial charge in [0.25, 0.3) is 0 Å². The average Bonchev–Trinajstić information content (AvgIpc) is 3.30. The number of amides is 1. The van der Waals surface area contributed by atoms with Crippen LogP contribution in [0.25, 0.3) is 0 Å². The van der Waals surface area contributed by atoms with Crippen molar-refractivity contribution in [1.29, 1.82) is 0 Å². The second kappa shape index (κ2) is 6.57. The predicted molar refractivity (Wildman–Crippen MR) is 93.2 cm³/mol. The molecule has 0 radical (unpaired) electrons. The molecule has 0 spiro atoms. The van der Waals surface area contributed by atoms with Gasteiger partial charge < -0.3 is 15.0 Å². The smallest absolute Gasteiger partial charge is 0.407 e. The number of hydrogen-bond donors (Lipinski definition) is 1. The molecule has 2 unspecified atom stereocenters. The summed E-state index contributed by atoms with van der Waals surface area (Å²) >= 11 is 0. The van der Waals surface area contributed by atoms with Crippen molar-refractivity contribution >= 4 is 11.9 Å². The summed E-state index contributed by atoms with van der Waals surface area (Å²) in [5.41, 5.74) is -0.462. The molecular weight excluding hydrogens is 304 g/mol. The summed E-state index contributed by atoms with van der Waals surface area (Å²) in [6.45, 7) is 8.70. The minimum Gasteiger partial charge on any atom is -0.444 e. The Labute approximate surface area is 144 Å². The van der Waals surface area contributed by atoms with Crippen LogP contribution in [0.4, 0.5) is 10.6 Å². The summed E-state index contributed by atoms with van der Waals surface area (Å²) in [7, 11) is 0. The van der Waals surface area contributed by atoms with Crippen LogP contribution in [0.2, 0.25) is 0 Å². The fraction of sp³-hybridized carbons (Fsp3) is 0.722. The van der Waals surface area contributed by atoms with Crippen molar-refractivity contribution in [3.63, 3.8) is 0 Å². The first kappa shape index (κ1) is 17.0. The van der Waals surface area contributed by atoms with E-state index >= 15 is 0 Å². The van der Waals surface area contributed by atoms with Crippen molar-refractivity contribution in [3.8, 4) is 0 Å². The third-order valence-corrected chi connectivity index (χ3v) is 4.49. The number of nitrogens with zero attached hydrogens (tertiary/aromatic N) is 3. The molecule has 6 heteroatoms. The van der Waals surface area contributed by atoms with E-state index in [1.807, 2.05) is 33.0 Å². The van der Waals surface area contributed by atoms with Crippen molar-refractivity contribution in [2.24, 2.45) is 0 Å². The molecule has 1 N–H and O–H groups in total. The summed E-state index contributed by atoms with van der Waals surface area (Å²) in [6.07, 6.45) is 5.75. The molecule has 2 atom stereocenters. The number of hydrogen-bond acceptors (Lipinski definition) is 5. The minimum absolute atomic E-state index is 0.149. The molecule has 1 aromatic heterocycles. The van der Waals surface area contributed by atoms with Gasteiger partial charge in [0.15, 0.2) is 0 Å². The van der Waals surface area contributed by atoms with Gasteiger partial charge in [-0.25, -0.2) is 14.8 Å². The standard InChI is InChI=1S/C18H28N4O2/c1-12-11-14(20-17(23)24-18(2,3)4)8-10-22(12)15-7-9-19-16(21-15)13-5-6-13/h7,9,12-14H,5-6,8,10-11H2,1-4H3,(H,20,23). The van der Waals surface area contributed by atoms with E-state index in [2.05, 4.69) is 22.1 Å². The summed E-state index contributed by atoms with van der Waals surface area (Å²) in [5, 5.41) is 3.00. The molecule has 1 saturated carbocycles. The maximum absolute atomic E-state index is 11.9. The predicted octanol–water partition coefficient (Wildman–Crippen LogP) is 3.24. The van der Waals surface area contributed by atoms with E-state index < -0.39 is 5.60 Å². The van der Waals surface area contributed by atoms with Crippen LogP contribution in [0.15, 0.2) is 12.3 Å². The Balaban J connectivity index is 1.57. The summed E-state index contributed by atoms with van der Waals surface area (Å²) < 4.78 is 5.35. The number of nitrogens with one attached hydrogen (secondary N) is 1. The third kappa shape index (κ3) is 4.36. The van der Waals surface area contributed by atoms with Gasteiger partial charge >= 0.3 is 6.09 Å². The lowest BCUT2D eigenvalue weighted by molar-refractivity contribution is 0.0494.